The number of benzene rings is 3. The van der Waals surface area contributed by atoms with Gasteiger partial charge in [0.15, 0.2) is 5.11 Å². The standard InChI is InChI=1S/C26H25N3OS/c1-30-24-13-12-21(20-8-4-2-5-9-20)18-23(24)28-25(31)29-16-14-26(19-27,15-17-29)22-10-6-3-7-11-22/h2-13,18H,14-17H2,1H3,(H,28,31). The lowest BCUT2D eigenvalue weighted by Gasteiger charge is -2.38. The number of nitrogens with one attached hydrogen (secondary N) is 1. The van der Waals surface area contributed by atoms with Gasteiger partial charge in [-0.25, -0.2) is 0 Å². The minimum Gasteiger partial charge on any atom is -0.495 e. The molecular weight excluding hydrogens is 402 g/mol. The van der Waals surface area contributed by atoms with Gasteiger partial charge in [0.2, 0.25) is 0 Å². The van der Waals surface area contributed by atoms with Gasteiger partial charge in [0.05, 0.1) is 24.3 Å². The molecule has 1 aliphatic heterocycles. The van der Waals surface area contributed by atoms with Crippen molar-refractivity contribution in [3.8, 4) is 22.9 Å². The molecule has 1 N–H and O–H groups in total. The van der Waals surface area contributed by atoms with E-state index in [1.807, 2.05) is 48.5 Å². The quantitative estimate of drug-likeness (QED) is 0.548. The van der Waals surface area contributed by atoms with Crippen LogP contribution in [0.2, 0.25) is 0 Å². The molecule has 156 valence electrons. The maximum Gasteiger partial charge on any atom is 0.173 e. The van der Waals surface area contributed by atoms with Crippen LogP contribution in [-0.2, 0) is 5.41 Å². The zero-order valence-corrected chi connectivity index (χ0v) is 18.4. The van der Waals surface area contributed by atoms with Crippen molar-refractivity contribution in [3.05, 3.63) is 84.4 Å². The highest BCUT2D eigenvalue weighted by molar-refractivity contribution is 7.80. The number of ether oxygens (including phenoxy) is 1. The average Bonchev–Trinajstić information content (AvgIpc) is 2.85. The number of hydrogen-bond acceptors (Lipinski definition) is 3. The van der Waals surface area contributed by atoms with Crippen molar-refractivity contribution in [2.75, 3.05) is 25.5 Å². The molecule has 0 saturated carbocycles. The van der Waals surface area contributed by atoms with E-state index in [2.05, 4.69) is 46.6 Å². The second-order valence-corrected chi connectivity index (χ2v) is 8.14. The van der Waals surface area contributed by atoms with Crippen molar-refractivity contribution in [2.24, 2.45) is 0 Å². The summed E-state index contributed by atoms with van der Waals surface area (Å²) in [6.07, 6.45) is 1.49. The molecule has 0 spiro atoms. The molecule has 1 aliphatic rings. The topological polar surface area (TPSA) is 48.3 Å². The van der Waals surface area contributed by atoms with Crippen molar-refractivity contribution in [1.82, 2.24) is 4.90 Å². The molecule has 1 fully saturated rings. The zero-order chi connectivity index (χ0) is 21.7. The number of piperidine rings is 1. The number of hydrogen-bond donors (Lipinski definition) is 1. The van der Waals surface area contributed by atoms with Crippen LogP contribution in [0.25, 0.3) is 11.1 Å². The van der Waals surface area contributed by atoms with E-state index in [9.17, 15) is 5.26 Å². The fourth-order valence-corrected chi connectivity index (χ4v) is 4.42. The lowest BCUT2D eigenvalue weighted by molar-refractivity contribution is 0.272. The van der Waals surface area contributed by atoms with Gasteiger partial charge >= 0.3 is 0 Å². The molecule has 0 bridgehead atoms. The van der Waals surface area contributed by atoms with Gasteiger partial charge < -0.3 is 15.0 Å². The second kappa shape index (κ2) is 9.20. The SMILES string of the molecule is COc1ccc(-c2ccccc2)cc1NC(=S)N1CCC(C#N)(c2ccccc2)CC1. The highest BCUT2D eigenvalue weighted by Crippen LogP contribution is 2.36. The van der Waals surface area contributed by atoms with E-state index in [0.29, 0.717) is 5.11 Å². The summed E-state index contributed by atoms with van der Waals surface area (Å²) >= 11 is 5.73. The predicted octanol–water partition coefficient (Wildman–Crippen LogP) is 5.62. The fourth-order valence-electron chi connectivity index (χ4n) is 4.12. The molecule has 4 nitrogen and oxygen atoms in total. The molecular formula is C26H25N3OS. The molecule has 5 heteroatoms. The summed E-state index contributed by atoms with van der Waals surface area (Å²) in [5.41, 5.74) is 3.72. The van der Waals surface area contributed by atoms with Crippen molar-refractivity contribution >= 4 is 23.0 Å². The van der Waals surface area contributed by atoms with Crippen molar-refractivity contribution in [3.63, 3.8) is 0 Å². The summed E-state index contributed by atoms with van der Waals surface area (Å²) in [5.74, 6) is 0.745. The van der Waals surface area contributed by atoms with Crippen molar-refractivity contribution in [1.29, 1.82) is 5.26 Å². The molecule has 0 unspecified atom stereocenters. The van der Waals surface area contributed by atoms with Gasteiger partial charge in [-0.3, -0.25) is 0 Å². The molecule has 0 radical (unpaired) electrons. The number of thiocarbonyl (C=S) groups is 1. The third-order valence-corrected chi connectivity index (χ3v) is 6.35. The van der Waals surface area contributed by atoms with Gasteiger partial charge in [0.1, 0.15) is 5.75 Å². The zero-order valence-electron chi connectivity index (χ0n) is 17.5. The Morgan fingerprint density at radius 2 is 1.61 bits per heavy atom. The molecule has 1 saturated heterocycles. The van der Waals surface area contributed by atoms with Gasteiger partial charge in [-0.1, -0.05) is 66.7 Å². The summed E-state index contributed by atoms with van der Waals surface area (Å²) < 4.78 is 5.55. The second-order valence-electron chi connectivity index (χ2n) is 7.76. The fraction of sp³-hybridized carbons (Fsp3) is 0.231. The molecule has 31 heavy (non-hydrogen) atoms. The molecule has 0 aliphatic carbocycles. The van der Waals surface area contributed by atoms with E-state index in [1.54, 1.807) is 7.11 Å². The first-order valence-corrected chi connectivity index (χ1v) is 10.8. The maximum absolute atomic E-state index is 9.93. The Bertz CT molecular complexity index is 1080. The Morgan fingerprint density at radius 1 is 0.968 bits per heavy atom. The normalized spacial score (nSPS) is 15.0. The Kier molecular flexibility index (Phi) is 6.20. The van der Waals surface area contributed by atoms with Gasteiger partial charge in [-0.15, -0.1) is 0 Å². The smallest absolute Gasteiger partial charge is 0.173 e. The monoisotopic (exact) mass is 427 g/mol. The largest absolute Gasteiger partial charge is 0.495 e. The summed E-state index contributed by atoms with van der Waals surface area (Å²) in [6.45, 7) is 1.46. The third kappa shape index (κ3) is 4.40. The number of nitriles is 1. The highest BCUT2D eigenvalue weighted by Gasteiger charge is 2.37. The Labute approximate surface area is 189 Å². The number of nitrogens with zero attached hydrogens (tertiary/aromatic N) is 2. The van der Waals surface area contributed by atoms with Crippen LogP contribution in [-0.4, -0.2) is 30.2 Å². The molecule has 0 atom stereocenters. The Balaban J connectivity index is 1.49. The summed E-state index contributed by atoms with van der Waals surface area (Å²) in [5, 5.41) is 14.0. The van der Waals surface area contributed by atoms with Crippen LogP contribution in [0.4, 0.5) is 5.69 Å². The van der Waals surface area contributed by atoms with Crippen LogP contribution < -0.4 is 10.1 Å². The van der Waals surface area contributed by atoms with Gasteiger partial charge in [0, 0.05) is 13.1 Å². The third-order valence-electron chi connectivity index (χ3n) is 5.99. The van der Waals surface area contributed by atoms with E-state index in [4.69, 9.17) is 17.0 Å². The molecule has 0 aromatic heterocycles. The van der Waals surface area contributed by atoms with Crippen LogP contribution in [0.3, 0.4) is 0 Å². The van der Waals surface area contributed by atoms with Crippen LogP contribution >= 0.6 is 12.2 Å². The number of anilines is 1. The lowest BCUT2D eigenvalue weighted by Crippen LogP contribution is -2.46. The van der Waals surface area contributed by atoms with E-state index in [1.165, 1.54) is 0 Å². The molecule has 4 rings (SSSR count). The molecule has 3 aromatic rings. The number of likely N-dealkylation sites (tertiary alicyclic amines) is 1. The van der Waals surface area contributed by atoms with Crippen LogP contribution in [0.5, 0.6) is 5.75 Å². The van der Waals surface area contributed by atoms with E-state index < -0.39 is 5.41 Å². The lowest BCUT2D eigenvalue weighted by atomic mass is 9.74. The first-order valence-electron chi connectivity index (χ1n) is 10.4. The molecule has 1 heterocycles. The highest BCUT2D eigenvalue weighted by atomic mass is 32.1. The van der Waals surface area contributed by atoms with Crippen LogP contribution in [0, 0.1) is 11.3 Å². The summed E-state index contributed by atoms with van der Waals surface area (Å²) in [6, 6.07) is 29.0. The van der Waals surface area contributed by atoms with Gasteiger partial charge in [-0.05, 0) is 53.9 Å². The number of rotatable bonds is 4. The summed E-state index contributed by atoms with van der Waals surface area (Å²) in [4.78, 5) is 2.14. The maximum atomic E-state index is 9.93. The van der Waals surface area contributed by atoms with E-state index in [0.717, 1.165) is 54.1 Å². The van der Waals surface area contributed by atoms with E-state index in [-0.39, 0.29) is 0 Å². The first-order chi connectivity index (χ1) is 15.1. The Hall–Kier alpha value is -3.36. The van der Waals surface area contributed by atoms with Crippen molar-refractivity contribution < 1.29 is 4.74 Å². The average molecular weight is 428 g/mol. The molecule has 3 aromatic carbocycles. The van der Waals surface area contributed by atoms with E-state index >= 15 is 0 Å². The van der Waals surface area contributed by atoms with Crippen LogP contribution in [0.1, 0.15) is 18.4 Å². The van der Waals surface area contributed by atoms with Crippen molar-refractivity contribution in [2.45, 2.75) is 18.3 Å². The minimum atomic E-state index is -0.446. The Morgan fingerprint density at radius 3 is 2.23 bits per heavy atom. The predicted molar refractivity (Wildman–Crippen MR) is 129 cm³/mol. The summed E-state index contributed by atoms with van der Waals surface area (Å²) in [7, 11) is 1.66. The molecule has 0 amide bonds. The van der Waals surface area contributed by atoms with Gasteiger partial charge in [-0.2, -0.15) is 5.26 Å². The minimum absolute atomic E-state index is 0.446. The number of methoxy groups -OCH3 is 1. The van der Waals surface area contributed by atoms with Crippen LogP contribution in [0.15, 0.2) is 78.9 Å². The van der Waals surface area contributed by atoms with Gasteiger partial charge in [0.25, 0.3) is 0 Å². The first kappa shape index (κ1) is 20.9.